The van der Waals surface area contributed by atoms with Crippen molar-refractivity contribution in [1.82, 2.24) is 4.90 Å². The zero-order chi connectivity index (χ0) is 23.5. The third-order valence-electron chi connectivity index (χ3n) is 6.27. The number of fused-ring (bicyclic) bond motifs is 1. The summed E-state index contributed by atoms with van der Waals surface area (Å²) in [5, 5.41) is 13.9. The highest BCUT2D eigenvalue weighted by atomic mass is 79.9. The van der Waals surface area contributed by atoms with Gasteiger partial charge in [-0.1, -0.05) is 46.3 Å². The van der Waals surface area contributed by atoms with Crippen LogP contribution in [-0.4, -0.2) is 42.8 Å². The SMILES string of the molecule is CC[NH+](CC)CCCN1C(=O)C([O-])=C(C(=O)c2cc3ccccc3o2)C1c1cccc(Br)c1. The van der Waals surface area contributed by atoms with E-state index in [1.165, 1.54) is 4.90 Å². The predicted octanol–water partition coefficient (Wildman–Crippen LogP) is 2.89. The first-order chi connectivity index (χ1) is 15.9. The lowest BCUT2D eigenvalue weighted by Gasteiger charge is -2.28. The molecule has 0 saturated heterocycles. The second-order valence-electron chi connectivity index (χ2n) is 8.24. The molecule has 0 aliphatic carbocycles. The number of hydrogen-bond donors (Lipinski definition) is 1. The number of para-hydroxylation sites is 1. The lowest BCUT2D eigenvalue weighted by atomic mass is 9.95. The molecule has 7 heteroatoms. The summed E-state index contributed by atoms with van der Waals surface area (Å²) in [7, 11) is 0. The minimum atomic E-state index is -0.749. The Labute approximate surface area is 201 Å². The molecule has 1 aliphatic heterocycles. The standard InChI is InChI=1S/C26H27BrN2O4/c1-3-28(4-2)13-8-14-29-23(18-10-7-11-19(27)15-18)22(25(31)26(29)32)24(30)21-16-17-9-5-6-12-20(17)33-21/h5-7,9-12,15-16,23,31H,3-4,8,13-14H2,1-2H3. The number of carbonyl (C=O) groups is 2. The van der Waals surface area contributed by atoms with Crippen molar-refractivity contribution in [3.8, 4) is 0 Å². The molecule has 1 amide bonds. The summed E-state index contributed by atoms with van der Waals surface area (Å²) in [4.78, 5) is 29.5. The summed E-state index contributed by atoms with van der Waals surface area (Å²) in [6.07, 6.45) is 0.743. The quantitative estimate of drug-likeness (QED) is 0.449. The molecule has 3 aromatic rings. The highest BCUT2D eigenvalue weighted by molar-refractivity contribution is 9.10. The maximum Gasteiger partial charge on any atom is 0.239 e. The number of hydrogen-bond acceptors (Lipinski definition) is 4. The lowest BCUT2D eigenvalue weighted by molar-refractivity contribution is -0.896. The second kappa shape index (κ2) is 9.93. The number of halogens is 1. The normalized spacial score (nSPS) is 16.4. The fourth-order valence-electron chi connectivity index (χ4n) is 4.45. The number of nitrogens with zero attached hydrogens (tertiary/aromatic N) is 1. The van der Waals surface area contributed by atoms with E-state index < -0.39 is 23.5 Å². The van der Waals surface area contributed by atoms with Gasteiger partial charge in [-0.2, -0.15) is 0 Å². The van der Waals surface area contributed by atoms with Crippen LogP contribution in [0.5, 0.6) is 0 Å². The first kappa shape index (κ1) is 23.3. The second-order valence-corrected chi connectivity index (χ2v) is 9.15. The first-order valence-electron chi connectivity index (χ1n) is 11.3. The van der Waals surface area contributed by atoms with Gasteiger partial charge in [-0.25, -0.2) is 0 Å². The van der Waals surface area contributed by atoms with Crippen LogP contribution < -0.4 is 10.0 Å². The maximum absolute atomic E-state index is 13.5. The fraction of sp³-hybridized carbons (Fsp3) is 0.308. The Morgan fingerprint density at radius 1 is 1.12 bits per heavy atom. The number of furan rings is 1. The molecule has 6 nitrogen and oxygen atoms in total. The van der Waals surface area contributed by atoms with Gasteiger partial charge in [-0.3, -0.25) is 9.59 Å². The molecular formula is C26H27BrN2O4. The molecule has 33 heavy (non-hydrogen) atoms. The molecule has 0 radical (unpaired) electrons. The zero-order valence-corrected chi connectivity index (χ0v) is 20.4. The van der Waals surface area contributed by atoms with E-state index in [0.29, 0.717) is 12.1 Å². The van der Waals surface area contributed by atoms with Crippen LogP contribution in [0.2, 0.25) is 0 Å². The average Bonchev–Trinajstić information content (AvgIpc) is 3.36. The van der Waals surface area contributed by atoms with Crippen LogP contribution in [-0.2, 0) is 4.79 Å². The van der Waals surface area contributed by atoms with E-state index in [4.69, 9.17) is 4.42 Å². The van der Waals surface area contributed by atoms with Gasteiger partial charge < -0.3 is 19.3 Å². The third kappa shape index (κ3) is 4.61. The van der Waals surface area contributed by atoms with Gasteiger partial charge in [0.15, 0.2) is 5.76 Å². The van der Waals surface area contributed by atoms with E-state index in [2.05, 4.69) is 29.8 Å². The summed E-state index contributed by atoms with van der Waals surface area (Å²) in [6.45, 7) is 7.56. The van der Waals surface area contributed by atoms with Crippen molar-refractivity contribution in [3.05, 3.63) is 81.7 Å². The highest BCUT2D eigenvalue weighted by Gasteiger charge is 2.40. The van der Waals surface area contributed by atoms with Gasteiger partial charge in [0.05, 0.1) is 25.7 Å². The van der Waals surface area contributed by atoms with Gasteiger partial charge >= 0.3 is 0 Å². The predicted molar refractivity (Wildman–Crippen MR) is 128 cm³/mol. The number of nitrogens with one attached hydrogen (secondary N) is 1. The van der Waals surface area contributed by atoms with Crippen molar-refractivity contribution in [3.63, 3.8) is 0 Å². The van der Waals surface area contributed by atoms with Crippen LogP contribution in [0, 0.1) is 0 Å². The van der Waals surface area contributed by atoms with E-state index in [1.807, 2.05) is 42.5 Å². The number of quaternary nitrogens is 1. The van der Waals surface area contributed by atoms with Crippen LogP contribution in [0.4, 0.5) is 0 Å². The van der Waals surface area contributed by atoms with E-state index in [1.54, 1.807) is 17.0 Å². The van der Waals surface area contributed by atoms with E-state index in [0.717, 1.165) is 41.5 Å². The van der Waals surface area contributed by atoms with Crippen molar-refractivity contribution in [1.29, 1.82) is 0 Å². The summed E-state index contributed by atoms with van der Waals surface area (Å²) in [6, 6.07) is 15.6. The first-order valence-corrected chi connectivity index (χ1v) is 12.1. The Kier molecular flexibility index (Phi) is 7.00. The van der Waals surface area contributed by atoms with E-state index >= 15 is 0 Å². The topological polar surface area (TPSA) is 78.0 Å². The molecule has 1 unspecified atom stereocenters. The summed E-state index contributed by atoms with van der Waals surface area (Å²) >= 11 is 3.47. The molecule has 2 aromatic carbocycles. The Morgan fingerprint density at radius 2 is 1.88 bits per heavy atom. The van der Waals surface area contributed by atoms with Crippen molar-refractivity contribution in [2.45, 2.75) is 26.3 Å². The third-order valence-corrected chi connectivity index (χ3v) is 6.77. The number of benzene rings is 2. The number of ketones is 1. The molecule has 0 bridgehead atoms. The molecule has 2 heterocycles. The largest absolute Gasteiger partial charge is 0.868 e. The molecule has 4 rings (SSSR count). The lowest BCUT2D eigenvalue weighted by Crippen LogP contribution is -3.11. The Hall–Kier alpha value is -2.90. The minimum absolute atomic E-state index is 0.0488. The average molecular weight is 511 g/mol. The van der Waals surface area contributed by atoms with E-state index in [9.17, 15) is 14.7 Å². The van der Waals surface area contributed by atoms with Gasteiger partial charge in [-0.05, 0) is 49.4 Å². The van der Waals surface area contributed by atoms with Crippen LogP contribution in [0.1, 0.15) is 42.4 Å². The van der Waals surface area contributed by atoms with Crippen LogP contribution in [0.15, 0.2) is 74.8 Å². The molecule has 1 atom stereocenters. The Bertz CT molecular complexity index is 1180. The highest BCUT2D eigenvalue weighted by Crippen LogP contribution is 2.39. The molecule has 0 saturated carbocycles. The maximum atomic E-state index is 13.5. The Balaban J connectivity index is 1.70. The van der Waals surface area contributed by atoms with E-state index in [-0.39, 0.29) is 11.3 Å². The number of amides is 1. The summed E-state index contributed by atoms with van der Waals surface area (Å²) in [5.74, 6) is -1.84. The number of carbonyl (C=O) groups excluding carboxylic acids is 2. The van der Waals surface area contributed by atoms with Crippen LogP contribution >= 0.6 is 15.9 Å². The molecule has 1 aliphatic rings. The molecule has 1 N–H and O–H groups in total. The van der Waals surface area contributed by atoms with Crippen LogP contribution in [0.3, 0.4) is 0 Å². The zero-order valence-electron chi connectivity index (χ0n) is 18.8. The van der Waals surface area contributed by atoms with Crippen molar-refractivity contribution in [2.24, 2.45) is 0 Å². The molecule has 1 aromatic heterocycles. The fourth-order valence-corrected chi connectivity index (χ4v) is 4.87. The van der Waals surface area contributed by atoms with Gasteiger partial charge in [0, 0.05) is 28.4 Å². The molecule has 0 spiro atoms. The summed E-state index contributed by atoms with van der Waals surface area (Å²) in [5.41, 5.74) is 1.24. The number of Topliss-reactive ketones (excluding diaryl/α,β-unsaturated/α-hetero) is 1. The van der Waals surface area contributed by atoms with Crippen molar-refractivity contribution in [2.75, 3.05) is 26.2 Å². The number of rotatable bonds is 9. The molecular weight excluding hydrogens is 484 g/mol. The molecule has 172 valence electrons. The van der Waals surface area contributed by atoms with Gasteiger partial charge in [0.1, 0.15) is 5.58 Å². The van der Waals surface area contributed by atoms with Gasteiger partial charge in [0.2, 0.25) is 11.7 Å². The Morgan fingerprint density at radius 3 is 2.58 bits per heavy atom. The van der Waals surface area contributed by atoms with Crippen molar-refractivity contribution >= 4 is 38.6 Å². The summed E-state index contributed by atoms with van der Waals surface area (Å²) < 4.78 is 6.56. The minimum Gasteiger partial charge on any atom is -0.868 e. The monoisotopic (exact) mass is 510 g/mol. The van der Waals surface area contributed by atoms with Crippen molar-refractivity contribution < 1.29 is 24.0 Å². The smallest absolute Gasteiger partial charge is 0.239 e. The van der Waals surface area contributed by atoms with Gasteiger partial charge in [-0.15, -0.1) is 0 Å². The van der Waals surface area contributed by atoms with Crippen LogP contribution in [0.25, 0.3) is 11.0 Å². The van der Waals surface area contributed by atoms with Gasteiger partial charge in [0.25, 0.3) is 0 Å². The molecule has 0 fully saturated rings.